The van der Waals surface area contributed by atoms with Gasteiger partial charge in [-0.3, -0.25) is 4.99 Å². The third-order valence-electron chi connectivity index (χ3n) is 12.4. The molecule has 270 valence electrons. The third kappa shape index (κ3) is 5.41. The molecular weight excluding hydrogens is 671 g/mol. The Morgan fingerprint density at radius 1 is 0.909 bits per heavy atom. The van der Waals surface area contributed by atoms with Crippen LogP contribution in [-0.2, 0) is 19.5 Å². The number of imidazole rings is 1. The highest BCUT2D eigenvalue weighted by Gasteiger charge is 2.41. The molecule has 0 spiro atoms. The molecule has 3 atom stereocenters. The van der Waals surface area contributed by atoms with Crippen LogP contribution in [0.3, 0.4) is 0 Å². The highest BCUT2D eigenvalue weighted by Crippen LogP contribution is 2.46. The zero-order chi connectivity index (χ0) is 37.4. The standard InChI is InChI=1S/C51H46N3O/c1-32(2)27-43-39-18-10-9-17-38(39)41-25-23-36-24-26-42-40-19-11-14-22-46(40)55-49(42)47(36)50-53(30-33(3)48(41)52-43)44-20-12-13-21-45(44)54(50)31-51(5)29-37(28-34(51)4)35-15-7-6-8-16-35/h6-22,24,26-29,41,48H,3,23,25,30-31H2,1-2,4-5H3/q+1. The third-order valence-corrected chi connectivity index (χ3v) is 12.4. The summed E-state index contributed by atoms with van der Waals surface area (Å²) in [5.41, 5.74) is 16.5. The molecule has 3 unspecified atom stereocenters. The number of benzene rings is 5. The van der Waals surface area contributed by atoms with Crippen molar-refractivity contribution < 1.29 is 8.98 Å². The van der Waals surface area contributed by atoms with E-state index in [1.807, 2.05) is 0 Å². The normalized spacial score (nSPS) is 20.7. The van der Waals surface area contributed by atoms with Gasteiger partial charge in [0, 0.05) is 27.7 Å². The van der Waals surface area contributed by atoms with Crippen LogP contribution in [0.15, 0.2) is 166 Å². The van der Waals surface area contributed by atoms with Crippen LogP contribution in [0.1, 0.15) is 62.3 Å². The molecule has 0 N–H and O–H groups in total. The lowest BCUT2D eigenvalue weighted by atomic mass is 9.77. The second kappa shape index (κ2) is 12.8. The van der Waals surface area contributed by atoms with Crippen molar-refractivity contribution in [3.63, 3.8) is 0 Å². The summed E-state index contributed by atoms with van der Waals surface area (Å²) < 4.78 is 12.1. The molecule has 0 fully saturated rings. The number of hydrogen-bond acceptors (Lipinski definition) is 2. The lowest BCUT2D eigenvalue weighted by Crippen LogP contribution is -2.41. The summed E-state index contributed by atoms with van der Waals surface area (Å²) >= 11 is 0. The van der Waals surface area contributed by atoms with Crippen LogP contribution in [-0.4, -0.2) is 16.3 Å². The van der Waals surface area contributed by atoms with Crippen molar-refractivity contribution in [3.8, 4) is 11.4 Å². The summed E-state index contributed by atoms with van der Waals surface area (Å²) in [4.78, 5) is 5.56. The highest BCUT2D eigenvalue weighted by molar-refractivity contribution is 6.11. The quantitative estimate of drug-likeness (QED) is 0.132. The maximum atomic E-state index is 6.96. The summed E-state index contributed by atoms with van der Waals surface area (Å²) in [5.74, 6) is 1.38. The molecule has 1 aliphatic carbocycles. The summed E-state index contributed by atoms with van der Waals surface area (Å²) in [7, 11) is 0. The Morgan fingerprint density at radius 2 is 1.67 bits per heavy atom. The zero-order valence-electron chi connectivity index (χ0n) is 32.1. The average Bonchev–Trinajstić information content (AvgIpc) is 3.82. The molecule has 2 aromatic heterocycles. The number of nitrogens with zero attached hydrogens (tertiary/aromatic N) is 3. The Balaban J connectivity index is 1.24. The molecule has 55 heavy (non-hydrogen) atoms. The van der Waals surface area contributed by atoms with Gasteiger partial charge >= 0.3 is 0 Å². The Kier molecular flexibility index (Phi) is 7.81. The van der Waals surface area contributed by atoms with Crippen LogP contribution in [0.5, 0.6) is 0 Å². The second-order valence-electron chi connectivity index (χ2n) is 16.3. The SMILES string of the molecule is C=C1C[n+]2c(n(CC3(C)C=C(c4ccccc4)C=C3C)c3ccccc32)-c2c(ccc3c2oc2ccccc23)CCC2c3ccccc3C(C=C(C)C)=NC12. The van der Waals surface area contributed by atoms with Crippen LogP contribution >= 0.6 is 0 Å². The first-order valence-electron chi connectivity index (χ1n) is 19.7. The minimum atomic E-state index is -0.211. The molecule has 4 nitrogen and oxygen atoms in total. The first-order chi connectivity index (χ1) is 26.8. The molecule has 5 aromatic carbocycles. The largest absolute Gasteiger partial charge is 0.455 e. The van der Waals surface area contributed by atoms with Gasteiger partial charge in [0.15, 0.2) is 16.6 Å². The Labute approximate surface area is 323 Å². The van der Waals surface area contributed by atoms with E-state index in [0.29, 0.717) is 6.54 Å². The van der Waals surface area contributed by atoms with E-state index in [4.69, 9.17) is 16.0 Å². The fraction of sp³-hybridized carbons (Fsp3) is 0.216. The zero-order valence-corrected chi connectivity index (χ0v) is 32.1. The first kappa shape index (κ1) is 33.6. The topological polar surface area (TPSA) is 34.3 Å². The molecule has 0 saturated heterocycles. The molecule has 0 bridgehead atoms. The highest BCUT2D eigenvalue weighted by atomic mass is 16.3. The van der Waals surface area contributed by atoms with Crippen molar-refractivity contribution in [1.82, 2.24) is 4.57 Å². The van der Waals surface area contributed by atoms with E-state index in [-0.39, 0.29) is 17.4 Å². The van der Waals surface area contributed by atoms with E-state index in [2.05, 4.69) is 170 Å². The molecule has 2 aliphatic heterocycles. The number of aliphatic imine (C=N–C) groups is 1. The van der Waals surface area contributed by atoms with E-state index in [1.54, 1.807) is 0 Å². The molecular formula is C51H46N3O+. The van der Waals surface area contributed by atoms with E-state index < -0.39 is 0 Å². The summed E-state index contributed by atoms with van der Waals surface area (Å²) in [6.45, 7) is 15.3. The predicted octanol–water partition coefficient (Wildman–Crippen LogP) is 12.0. The van der Waals surface area contributed by atoms with Crippen molar-refractivity contribution in [1.29, 1.82) is 0 Å². The van der Waals surface area contributed by atoms with Gasteiger partial charge in [0.2, 0.25) is 0 Å². The fourth-order valence-electron chi connectivity index (χ4n) is 9.58. The minimum Gasteiger partial charge on any atom is -0.455 e. The first-order valence-corrected chi connectivity index (χ1v) is 19.7. The summed E-state index contributed by atoms with van der Waals surface area (Å²) in [5, 5.41) is 2.30. The number of rotatable bonds is 4. The Hall–Kier alpha value is -6.00. The van der Waals surface area contributed by atoms with Crippen LogP contribution in [0.2, 0.25) is 0 Å². The number of para-hydroxylation sites is 3. The van der Waals surface area contributed by atoms with Gasteiger partial charge in [0.05, 0.1) is 11.8 Å². The van der Waals surface area contributed by atoms with E-state index in [9.17, 15) is 0 Å². The van der Waals surface area contributed by atoms with Crippen molar-refractivity contribution >= 4 is 44.3 Å². The van der Waals surface area contributed by atoms with Gasteiger partial charge in [-0.1, -0.05) is 127 Å². The monoisotopic (exact) mass is 716 g/mol. The van der Waals surface area contributed by atoms with Crippen LogP contribution < -0.4 is 4.57 Å². The van der Waals surface area contributed by atoms with Crippen molar-refractivity contribution in [2.24, 2.45) is 10.4 Å². The molecule has 0 radical (unpaired) electrons. The number of aromatic nitrogens is 2. The van der Waals surface area contributed by atoms with Gasteiger partial charge in [0.25, 0.3) is 5.82 Å². The number of aryl methyl sites for hydroxylation is 1. The van der Waals surface area contributed by atoms with Crippen molar-refractivity contribution in [2.45, 2.75) is 65.6 Å². The maximum absolute atomic E-state index is 6.96. The average molecular weight is 717 g/mol. The lowest BCUT2D eigenvalue weighted by Gasteiger charge is -2.33. The van der Waals surface area contributed by atoms with Crippen LogP contribution in [0.25, 0.3) is 49.9 Å². The minimum absolute atomic E-state index is 0.0478. The van der Waals surface area contributed by atoms with Gasteiger partial charge in [-0.15, -0.1) is 0 Å². The Bertz CT molecular complexity index is 2840. The van der Waals surface area contributed by atoms with E-state index in [0.717, 1.165) is 52.6 Å². The van der Waals surface area contributed by atoms with E-state index in [1.165, 1.54) is 61.4 Å². The van der Waals surface area contributed by atoms with Gasteiger partial charge in [-0.25, -0.2) is 9.13 Å². The summed E-state index contributed by atoms with van der Waals surface area (Å²) in [6, 6.07) is 41.7. The molecule has 7 aromatic rings. The predicted molar refractivity (Wildman–Crippen MR) is 228 cm³/mol. The maximum Gasteiger partial charge on any atom is 0.294 e. The number of fused-ring (bicyclic) bond motifs is 12. The smallest absolute Gasteiger partial charge is 0.294 e. The summed E-state index contributed by atoms with van der Waals surface area (Å²) in [6.07, 6.45) is 8.94. The number of hydrogen-bond donors (Lipinski definition) is 0. The van der Waals surface area contributed by atoms with Gasteiger partial charge in [0.1, 0.15) is 24.2 Å². The molecule has 10 rings (SSSR count). The molecule has 0 saturated carbocycles. The van der Waals surface area contributed by atoms with Gasteiger partial charge in [-0.2, -0.15) is 0 Å². The molecule has 4 heteroatoms. The molecule has 4 heterocycles. The Morgan fingerprint density at radius 3 is 2.53 bits per heavy atom. The fourth-order valence-corrected chi connectivity index (χ4v) is 9.58. The van der Waals surface area contributed by atoms with Crippen LogP contribution in [0.4, 0.5) is 0 Å². The number of furan rings is 1. The number of allylic oxidation sites excluding steroid dienone is 6. The lowest BCUT2D eigenvalue weighted by molar-refractivity contribution is -0.652. The van der Waals surface area contributed by atoms with Crippen molar-refractivity contribution in [3.05, 3.63) is 179 Å². The molecule has 0 amide bonds. The second-order valence-corrected chi connectivity index (χ2v) is 16.3. The molecule has 3 aliphatic rings. The van der Waals surface area contributed by atoms with Crippen molar-refractivity contribution in [2.75, 3.05) is 0 Å². The van der Waals surface area contributed by atoms with Gasteiger partial charge in [-0.05, 0) is 92.6 Å². The van der Waals surface area contributed by atoms with Crippen LogP contribution in [0, 0.1) is 5.41 Å². The van der Waals surface area contributed by atoms with E-state index >= 15 is 0 Å². The van der Waals surface area contributed by atoms with Gasteiger partial charge < -0.3 is 4.42 Å².